The molecule has 2 heterocycles. The van der Waals surface area contributed by atoms with Crippen LogP contribution in [0.3, 0.4) is 0 Å². The molecule has 0 spiro atoms. The smallest absolute Gasteiger partial charge is 0.422 e. The number of nitro groups is 1. The molecule has 1 aromatic heterocycles. The molecule has 1 saturated heterocycles. The van der Waals surface area contributed by atoms with Crippen molar-refractivity contribution in [2.24, 2.45) is 0 Å². The molecule has 1 radical (unpaired) electrons. The first-order valence-electron chi connectivity index (χ1n) is 12.6. The summed E-state index contributed by atoms with van der Waals surface area (Å²) in [6.07, 6.45) is -2.86. The second-order valence-corrected chi connectivity index (χ2v) is 9.81. The number of likely N-dealkylation sites (tertiary alicyclic amines) is 1. The standard InChI is InChI=1S/C29H27F3N3O4/c30-29(31,32)28(36,20-33-15-13-24(14-16-33)39-23-9-5-2-6-10-23)26-19-34(18-21-7-3-1-4-8-21)27-17-22(35(37)38)11-12-25(26)27/h1-5,7-12,17,19,24,36H,13-16,18,20H2. The number of nitro benzene ring substituents is 1. The first-order valence-corrected chi connectivity index (χ1v) is 12.6. The van der Waals surface area contributed by atoms with Gasteiger partial charge in [0.2, 0.25) is 5.60 Å². The van der Waals surface area contributed by atoms with Crippen LogP contribution in [0.4, 0.5) is 18.9 Å². The molecule has 1 aliphatic rings. The normalized spacial score (nSPS) is 16.7. The molecule has 1 N–H and O–H groups in total. The predicted molar refractivity (Wildman–Crippen MR) is 139 cm³/mol. The van der Waals surface area contributed by atoms with E-state index < -0.39 is 23.2 Å². The van der Waals surface area contributed by atoms with Gasteiger partial charge in [0, 0.05) is 55.5 Å². The molecule has 0 bridgehead atoms. The number of ether oxygens (including phenoxy) is 1. The summed E-state index contributed by atoms with van der Waals surface area (Å²) >= 11 is 0. The molecule has 4 aromatic rings. The number of piperidine rings is 1. The van der Waals surface area contributed by atoms with Crippen LogP contribution in [0, 0.1) is 16.2 Å². The van der Waals surface area contributed by atoms with Crippen molar-refractivity contribution in [1.82, 2.24) is 9.47 Å². The molecule has 39 heavy (non-hydrogen) atoms. The summed E-state index contributed by atoms with van der Waals surface area (Å²) in [5, 5.41) is 22.9. The number of alkyl halides is 3. The minimum absolute atomic E-state index is 0.120. The number of hydrogen-bond acceptors (Lipinski definition) is 5. The van der Waals surface area contributed by atoms with Gasteiger partial charge in [-0.2, -0.15) is 13.2 Å². The van der Waals surface area contributed by atoms with E-state index in [1.807, 2.05) is 18.2 Å². The van der Waals surface area contributed by atoms with E-state index in [2.05, 4.69) is 6.07 Å². The highest BCUT2D eigenvalue weighted by molar-refractivity contribution is 5.87. The van der Waals surface area contributed by atoms with Crippen LogP contribution in [-0.4, -0.2) is 51.4 Å². The molecule has 203 valence electrons. The van der Waals surface area contributed by atoms with Crippen molar-refractivity contribution in [2.75, 3.05) is 19.6 Å². The van der Waals surface area contributed by atoms with Crippen LogP contribution >= 0.6 is 0 Å². The molecular formula is C29H27F3N3O4. The van der Waals surface area contributed by atoms with Gasteiger partial charge in [-0.15, -0.1) is 0 Å². The Morgan fingerprint density at radius 2 is 1.82 bits per heavy atom. The lowest BCUT2D eigenvalue weighted by Gasteiger charge is -2.39. The van der Waals surface area contributed by atoms with Crippen molar-refractivity contribution < 1.29 is 27.9 Å². The monoisotopic (exact) mass is 538 g/mol. The van der Waals surface area contributed by atoms with E-state index >= 15 is 0 Å². The van der Waals surface area contributed by atoms with Crippen LogP contribution in [-0.2, 0) is 12.1 Å². The van der Waals surface area contributed by atoms with E-state index in [0.717, 1.165) is 5.56 Å². The lowest BCUT2D eigenvalue weighted by molar-refractivity contribution is -0.384. The molecule has 0 amide bonds. The number of hydrogen-bond donors (Lipinski definition) is 1. The molecule has 1 unspecified atom stereocenters. The zero-order chi connectivity index (χ0) is 27.6. The van der Waals surface area contributed by atoms with Crippen LogP contribution in [0.2, 0.25) is 0 Å². The Bertz CT molecular complexity index is 1430. The third kappa shape index (κ3) is 5.62. The molecule has 1 fully saturated rings. The number of non-ortho nitro benzene ring substituents is 1. The van der Waals surface area contributed by atoms with Gasteiger partial charge in [-0.05, 0) is 42.7 Å². The molecular weight excluding hydrogens is 511 g/mol. The summed E-state index contributed by atoms with van der Waals surface area (Å²) in [5.74, 6) is 0.656. The third-order valence-electron chi connectivity index (χ3n) is 7.16. The number of rotatable bonds is 8. The molecule has 1 atom stereocenters. The largest absolute Gasteiger partial charge is 0.490 e. The first kappa shape index (κ1) is 26.7. The predicted octanol–water partition coefficient (Wildman–Crippen LogP) is 5.69. The van der Waals surface area contributed by atoms with Gasteiger partial charge in [-0.25, -0.2) is 0 Å². The van der Waals surface area contributed by atoms with E-state index in [4.69, 9.17) is 4.74 Å². The number of aromatic nitrogens is 1. The van der Waals surface area contributed by atoms with Gasteiger partial charge in [0.25, 0.3) is 5.69 Å². The van der Waals surface area contributed by atoms with Gasteiger partial charge in [0.1, 0.15) is 11.9 Å². The van der Waals surface area contributed by atoms with Crippen LogP contribution in [0.5, 0.6) is 5.75 Å². The summed E-state index contributed by atoms with van der Waals surface area (Å²) in [5.41, 5.74) is -2.70. The van der Waals surface area contributed by atoms with Gasteiger partial charge in [0.15, 0.2) is 0 Å². The fraction of sp³-hybridized carbons (Fsp3) is 0.310. The summed E-state index contributed by atoms with van der Waals surface area (Å²) in [4.78, 5) is 12.4. The average molecular weight is 539 g/mol. The third-order valence-corrected chi connectivity index (χ3v) is 7.16. The lowest BCUT2D eigenvalue weighted by Crippen LogP contribution is -2.53. The van der Waals surface area contributed by atoms with Gasteiger partial charge in [-0.1, -0.05) is 42.5 Å². The number of benzene rings is 3. The number of nitrogens with zero attached hydrogens (tertiary/aromatic N) is 3. The van der Waals surface area contributed by atoms with Crippen molar-refractivity contribution in [3.05, 3.63) is 106 Å². The van der Waals surface area contributed by atoms with E-state index in [1.54, 1.807) is 41.3 Å². The first-order chi connectivity index (χ1) is 18.6. The van der Waals surface area contributed by atoms with Crippen molar-refractivity contribution in [1.29, 1.82) is 0 Å². The summed E-state index contributed by atoms with van der Waals surface area (Å²) in [7, 11) is 0. The molecule has 0 aliphatic carbocycles. The Hall–Kier alpha value is -3.89. The SMILES string of the molecule is O=[N+]([O-])c1ccc2c(C(O)(CN3CCC(Oc4c[c]ccc4)CC3)C(F)(F)F)cn(Cc3ccccc3)c2c1. The maximum absolute atomic E-state index is 14.7. The molecule has 5 rings (SSSR count). The second kappa shape index (κ2) is 10.7. The maximum atomic E-state index is 14.7. The molecule has 7 nitrogen and oxygen atoms in total. The van der Waals surface area contributed by atoms with Crippen LogP contribution in [0.15, 0.2) is 79.0 Å². The number of fused-ring (bicyclic) bond motifs is 1. The number of halogens is 3. The van der Waals surface area contributed by atoms with E-state index in [9.17, 15) is 28.4 Å². The Kier molecular flexibility index (Phi) is 7.33. The lowest BCUT2D eigenvalue weighted by atomic mass is 9.91. The van der Waals surface area contributed by atoms with E-state index in [1.165, 1.54) is 29.0 Å². The van der Waals surface area contributed by atoms with E-state index in [0.29, 0.717) is 31.7 Å². The zero-order valence-electron chi connectivity index (χ0n) is 21.0. The second-order valence-electron chi connectivity index (χ2n) is 9.81. The Morgan fingerprint density at radius 1 is 1.08 bits per heavy atom. The maximum Gasteiger partial charge on any atom is 0.422 e. The topological polar surface area (TPSA) is 80.8 Å². The number of aliphatic hydroxyl groups is 1. The average Bonchev–Trinajstić information content (AvgIpc) is 3.28. The quantitative estimate of drug-likeness (QED) is 0.230. The van der Waals surface area contributed by atoms with Crippen molar-refractivity contribution in [2.45, 2.75) is 37.3 Å². The number of β-amino-alcohol motifs (C(OH)–C–C–N with tert-alkyl or cyclic N) is 1. The fourth-order valence-electron chi connectivity index (χ4n) is 5.11. The molecule has 0 saturated carbocycles. The van der Waals surface area contributed by atoms with Crippen molar-refractivity contribution in [3.63, 3.8) is 0 Å². The fourth-order valence-corrected chi connectivity index (χ4v) is 5.11. The summed E-state index contributed by atoms with van der Waals surface area (Å²) in [6, 6.07) is 22.8. The zero-order valence-corrected chi connectivity index (χ0v) is 21.0. The highest BCUT2D eigenvalue weighted by Crippen LogP contribution is 2.44. The van der Waals surface area contributed by atoms with Crippen LogP contribution in [0.1, 0.15) is 24.0 Å². The summed E-state index contributed by atoms with van der Waals surface area (Å²) < 4.78 is 51.4. The Balaban J connectivity index is 1.45. The van der Waals surface area contributed by atoms with Gasteiger partial charge >= 0.3 is 6.18 Å². The minimum Gasteiger partial charge on any atom is -0.490 e. The Labute approximate surface area is 223 Å². The van der Waals surface area contributed by atoms with Crippen molar-refractivity contribution >= 4 is 16.6 Å². The highest BCUT2D eigenvalue weighted by atomic mass is 19.4. The molecule has 3 aromatic carbocycles. The van der Waals surface area contributed by atoms with Gasteiger partial charge in [0.05, 0.1) is 10.4 Å². The van der Waals surface area contributed by atoms with Crippen LogP contribution < -0.4 is 4.74 Å². The van der Waals surface area contributed by atoms with Crippen molar-refractivity contribution in [3.8, 4) is 5.75 Å². The van der Waals surface area contributed by atoms with Gasteiger partial charge < -0.3 is 14.4 Å². The summed E-state index contributed by atoms with van der Waals surface area (Å²) in [6.45, 7) is 0.150. The Morgan fingerprint density at radius 3 is 2.46 bits per heavy atom. The van der Waals surface area contributed by atoms with Gasteiger partial charge in [-0.3, -0.25) is 15.0 Å². The van der Waals surface area contributed by atoms with Crippen LogP contribution in [0.25, 0.3) is 10.9 Å². The molecule has 10 heteroatoms. The minimum atomic E-state index is -4.99. The molecule has 1 aliphatic heterocycles. The van der Waals surface area contributed by atoms with E-state index in [-0.39, 0.29) is 34.8 Å². The highest BCUT2D eigenvalue weighted by Gasteiger charge is 2.57.